The van der Waals surface area contributed by atoms with Gasteiger partial charge in [-0.3, -0.25) is 5.43 Å². The lowest BCUT2D eigenvalue weighted by atomic mass is 10.2. The van der Waals surface area contributed by atoms with Crippen LogP contribution < -0.4 is 5.43 Å². The molecule has 0 saturated carbocycles. The fourth-order valence-corrected chi connectivity index (χ4v) is 2.64. The standard InChI is InChI=1S/C13H9BrFIN2/c14-11-7-6-9(13(16)12(11)15)8-17-18-10-4-2-1-3-5-10/h1-8,18H. The SMILES string of the molecule is Fc1c(Br)ccc(C=NNc2ccccc2)c1I. The van der Waals surface area contributed by atoms with Crippen molar-refractivity contribution in [1.29, 1.82) is 0 Å². The van der Waals surface area contributed by atoms with Gasteiger partial charge in [-0.25, -0.2) is 4.39 Å². The van der Waals surface area contributed by atoms with Crippen LogP contribution in [0.15, 0.2) is 52.0 Å². The average Bonchev–Trinajstić information content (AvgIpc) is 2.40. The molecule has 0 amide bonds. The molecule has 18 heavy (non-hydrogen) atoms. The average molecular weight is 419 g/mol. The number of halogens is 3. The van der Waals surface area contributed by atoms with Crippen molar-refractivity contribution in [1.82, 2.24) is 0 Å². The molecule has 2 nitrogen and oxygen atoms in total. The van der Waals surface area contributed by atoms with Crippen LogP contribution in [0.1, 0.15) is 5.56 Å². The summed E-state index contributed by atoms with van der Waals surface area (Å²) in [6.45, 7) is 0. The van der Waals surface area contributed by atoms with E-state index in [0.29, 0.717) is 8.04 Å². The van der Waals surface area contributed by atoms with Crippen LogP contribution in [-0.4, -0.2) is 6.21 Å². The van der Waals surface area contributed by atoms with E-state index in [1.807, 2.05) is 59.0 Å². The third-order valence-corrected chi connectivity index (χ3v) is 3.94. The Labute approximate surface area is 127 Å². The summed E-state index contributed by atoms with van der Waals surface area (Å²) in [5, 5.41) is 4.08. The van der Waals surface area contributed by atoms with Gasteiger partial charge in [0.25, 0.3) is 0 Å². The second kappa shape index (κ2) is 6.29. The van der Waals surface area contributed by atoms with Gasteiger partial charge in [0.05, 0.1) is 19.9 Å². The van der Waals surface area contributed by atoms with Gasteiger partial charge < -0.3 is 0 Å². The molecule has 92 valence electrons. The van der Waals surface area contributed by atoms with Gasteiger partial charge in [-0.05, 0) is 56.7 Å². The maximum absolute atomic E-state index is 13.6. The fraction of sp³-hybridized carbons (Fsp3) is 0. The highest BCUT2D eigenvalue weighted by molar-refractivity contribution is 14.1. The van der Waals surface area contributed by atoms with Crippen LogP contribution in [0, 0.1) is 9.39 Å². The largest absolute Gasteiger partial charge is 0.279 e. The van der Waals surface area contributed by atoms with Crippen LogP contribution in [0.3, 0.4) is 0 Å². The summed E-state index contributed by atoms with van der Waals surface area (Å²) in [5.41, 5.74) is 4.51. The van der Waals surface area contributed by atoms with E-state index in [9.17, 15) is 4.39 Å². The predicted molar refractivity (Wildman–Crippen MR) is 84.5 cm³/mol. The lowest BCUT2D eigenvalue weighted by molar-refractivity contribution is 0.613. The normalized spacial score (nSPS) is 10.8. The van der Waals surface area contributed by atoms with E-state index in [1.165, 1.54) is 0 Å². The number of rotatable bonds is 3. The Morgan fingerprint density at radius 3 is 2.61 bits per heavy atom. The van der Waals surface area contributed by atoms with E-state index >= 15 is 0 Å². The molecule has 2 aromatic carbocycles. The fourth-order valence-electron chi connectivity index (χ4n) is 1.33. The van der Waals surface area contributed by atoms with Crippen LogP contribution in [0.4, 0.5) is 10.1 Å². The Bertz CT molecular complexity index is 573. The zero-order chi connectivity index (χ0) is 13.0. The van der Waals surface area contributed by atoms with Gasteiger partial charge in [-0.1, -0.05) is 24.3 Å². The second-order valence-electron chi connectivity index (χ2n) is 3.50. The molecule has 0 unspecified atom stereocenters. The molecule has 0 fully saturated rings. The summed E-state index contributed by atoms with van der Waals surface area (Å²) >= 11 is 5.11. The summed E-state index contributed by atoms with van der Waals surface area (Å²) in [7, 11) is 0. The molecule has 0 aromatic heterocycles. The topological polar surface area (TPSA) is 24.4 Å². The monoisotopic (exact) mass is 418 g/mol. The van der Waals surface area contributed by atoms with Gasteiger partial charge in [0.15, 0.2) is 5.82 Å². The minimum Gasteiger partial charge on any atom is -0.279 e. The highest BCUT2D eigenvalue weighted by Crippen LogP contribution is 2.22. The van der Waals surface area contributed by atoms with Crippen molar-refractivity contribution in [3.05, 3.63) is 61.9 Å². The van der Waals surface area contributed by atoms with Crippen LogP contribution in [0.25, 0.3) is 0 Å². The number of benzene rings is 2. The van der Waals surface area contributed by atoms with Gasteiger partial charge in [-0.15, -0.1) is 0 Å². The first kappa shape index (κ1) is 13.5. The van der Waals surface area contributed by atoms with Crippen LogP contribution in [-0.2, 0) is 0 Å². The molecule has 0 radical (unpaired) electrons. The minimum atomic E-state index is -0.265. The molecule has 0 aliphatic rings. The number of hydrogen-bond donors (Lipinski definition) is 1. The van der Waals surface area contributed by atoms with Crippen molar-refractivity contribution in [3.8, 4) is 0 Å². The molecular formula is C13H9BrFIN2. The first-order valence-electron chi connectivity index (χ1n) is 5.16. The van der Waals surface area contributed by atoms with Gasteiger partial charge in [-0.2, -0.15) is 5.10 Å². The zero-order valence-electron chi connectivity index (χ0n) is 9.20. The van der Waals surface area contributed by atoms with E-state index in [2.05, 4.69) is 26.5 Å². The number of hydrogen-bond acceptors (Lipinski definition) is 2. The summed E-state index contributed by atoms with van der Waals surface area (Å²) < 4.78 is 14.6. The predicted octanol–water partition coefficient (Wildman–Crippen LogP) is 4.64. The molecule has 2 rings (SSSR count). The van der Waals surface area contributed by atoms with Crippen LogP contribution in [0.2, 0.25) is 0 Å². The highest BCUT2D eigenvalue weighted by Gasteiger charge is 2.07. The molecule has 1 N–H and O–H groups in total. The summed E-state index contributed by atoms with van der Waals surface area (Å²) in [4.78, 5) is 0. The Morgan fingerprint density at radius 2 is 1.89 bits per heavy atom. The van der Waals surface area contributed by atoms with Crippen molar-refractivity contribution in [2.45, 2.75) is 0 Å². The number of para-hydroxylation sites is 1. The van der Waals surface area contributed by atoms with Gasteiger partial charge in [0, 0.05) is 5.56 Å². The molecule has 0 spiro atoms. The number of nitrogens with one attached hydrogen (secondary N) is 1. The maximum Gasteiger partial charge on any atom is 0.151 e. The lowest BCUT2D eigenvalue weighted by Gasteiger charge is -2.02. The van der Waals surface area contributed by atoms with Crippen LogP contribution >= 0.6 is 38.5 Å². The molecule has 0 bridgehead atoms. The van der Waals surface area contributed by atoms with Crippen molar-refractivity contribution >= 4 is 50.4 Å². The molecule has 0 aliphatic heterocycles. The number of anilines is 1. The molecular weight excluding hydrogens is 410 g/mol. The van der Waals surface area contributed by atoms with E-state index in [4.69, 9.17) is 0 Å². The Morgan fingerprint density at radius 1 is 1.17 bits per heavy atom. The van der Waals surface area contributed by atoms with Crippen LogP contribution in [0.5, 0.6) is 0 Å². The van der Waals surface area contributed by atoms with Gasteiger partial charge in [0.1, 0.15) is 0 Å². The molecule has 0 saturated heterocycles. The molecule has 0 atom stereocenters. The van der Waals surface area contributed by atoms with Gasteiger partial charge >= 0.3 is 0 Å². The quantitative estimate of drug-likeness (QED) is 0.334. The summed E-state index contributed by atoms with van der Waals surface area (Å²) in [5.74, 6) is -0.265. The van der Waals surface area contributed by atoms with Crippen molar-refractivity contribution in [3.63, 3.8) is 0 Å². The highest BCUT2D eigenvalue weighted by atomic mass is 127. The van der Waals surface area contributed by atoms with E-state index in [-0.39, 0.29) is 5.82 Å². The smallest absolute Gasteiger partial charge is 0.151 e. The summed E-state index contributed by atoms with van der Waals surface area (Å²) in [6.07, 6.45) is 1.60. The first-order chi connectivity index (χ1) is 8.68. The Hall–Kier alpha value is -0.950. The Kier molecular flexibility index (Phi) is 4.71. The first-order valence-corrected chi connectivity index (χ1v) is 7.03. The zero-order valence-corrected chi connectivity index (χ0v) is 12.9. The number of nitrogens with zero attached hydrogens (tertiary/aromatic N) is 1. The van der Waals surface area contributed by atoms with E-state index < -0.39 is 0 Å². The minimum absolute atomic E-state index is 0.265. The van der Waals surface area contributed by atoms with Crippen molar-refractivity contribution in [2.24, 2.45) is 5.10 Å². The lowest BCUT2D eigenvalue weighted by Crippen LogP contribution is -1.95. The summed E-state index contributed by atoms with van der Waals surface area (Å²) in [6, 6.07) is 13.1. The second-order valence-corrected chi connectivity index (χ2v) is 5.43. The Balaban J connectivity index is 2.13. The third-order valence-electron chi connectivity index (χ3n) is 2.24. The van der Waals surface area contributed by atoms with E-state index in [0.717, 1.165) is 11.3 Å². The molecule has 5 heteroatoms. The molecule has 0 aliphatic carbocycles. The van der Waals surface area contributed by atoms with Crippen molar-refractivity contribution in [2.75, 3.05) is 5.43 Å². The van der Waals surface area contributed by atoms with Gasteiger partial charge in [0.2, 0.25) is 0 Å². The van der Waals surface area contributed by atoms with Crippen molar-refractivity contribution < 1.29 is 4.39 Å². The molecule has 2 aromatic rings. The maximum atomic E-state index is 13.6. The third kappa shape index (κ3) is 3.29. The number of hydrazone groups is 1. The molecule has 0 heterocycles. The van der Waals surface area contributed by atoms with E-state index in [1.54, 1.807) is 12.3 Å².